The molecule has 10 heteroatoms. The minimum absolute atomic E-state index is 0.0533. The molecule has 32 heavy (non-hydrogen) atoms. The van der Waals surface area contributed by atoms with Gasteiger partial charge in [0.1, 0.15) is 11.4 Å². The van der Waals surface area contributed by atoms with Crippen LogP contribution in [0.4, 0.5) is 14.5 Å². The van der Waals surface area contributed by atoms with Crippen LogP contribution in [-0.2, 0) is 24.7 Å². The maximum Gasteiger partial charge on any atom is 0.247 e. The van der Waals surface area contributed by atoms with Gasteiger partial charge in [0.2, 0.25) is 5.91 Å². The number of fused-ring (bicyclic) bond motifs is 1. The summed E-state index contributed by atoms with van der Waals surface area (Å²) in [4.78, 5) is 11.8. The van der Waals surface area contributed by atoms with Gasteiger partial charge in [-0.1, -0.05) is 6.58 Å². The molecule has 2 heterocycles. The number of nitrogens with one attached hydrogen (secondary N) is 2. The van der Waals surface area contributed by atoms with Crippen LogP contribution in [0.1, 0.15) is 29.2 Å². The second kappa shape index (κ2) is 8.45. The molecule has 1 atom stereocenters. The molecule has 0 radical (unpaired) electrons. The number of carbonyl (C=O) groups is 1. The number of halogens is 2. The highest BCUT2D eigenvalue weighted by molar-refractivity contribution is 6.01. The molecule has 1 aromatic carbocycles. The van der Waals surface area contributed by atoms with Crippen LogP contribution in [0.2, 0.25) is 0 Å². The largest absolute Gasteiger partial charge is 0.494 e. The van der Waals surface area contributed by atoms with Gasteiger partial charge < -0.3 is 14.8 Å². The van der Waals surface area contributed by atoms with E-state index in [4.69, 9.17) is 9.47 Å². The molecule has 1 aliphatic carbocycles. The van der Waals surface area contributed by atoms with E-state index in [9.17, 15) is 13.6 Å². The number of anilines is 1. The van der Waals surface area contributed by atoms with E-state index < -0.39 is 17.6 Å². The lowest BCUT2D eigenvalue weighted by Crippen LogP contribution is -2.16. The monoisotopic (exact) mass is 443 g/mol. The first-order valence-corrected chi connectivity index (χ1v) is 10.0. The SMILES string of the molecule is C=CC(=O)Nc1cnn(C)c1-c1n[nH]c2c1CCC(c1c(F)c(OC)cc(OC)c1F)C2. The maximum atomic E-state index is 15.0. The van der Waals surface area contributed by atoms with Gasteiger partial charge >= 0.3 is 0 Å². The molecule has 0 fully saturated rings. The molecule has 0 aliphatic heterocycles. The zero-order valence-electron chi connectivity index (χ0n) is 18.0. The third kappa shape index (κ3) is 3.51. The summed E-state index contributed by atoms with van der Waals surface area (Å²) in [5, 5.41) is 14.4. The van der Waals surface area contributed by atoms with Crippen molar-refractivity contribution < 1.29 is 23.0 Å². The van der Waals surface area contributed by atoms with Crippen LogP contribution in [0.5, 0.6) is 11.5 Å². The Hall–Kier alpha value is -3.69. The van der Waals surface area contributed by atoms with Gasteiger partial charge in [-0.25, -0.2) is 8.78 Å². The Morgan fingerprint density at radius 1 is 1.31 bits per heavy atom. The number of aryl methyl sites for hydroxylation is 1. The molecule has 1 aliphatic rings. The Kier molecular flexibility index (Phi) is 5.68. The van der Waals surface area contributed by atoms with E-state index in [0.29, 0.717) is 36.3 Å². The molecule has 4 rings (SSSR count). The van der Waals surface area contributed by atoms with Crippen molar-refractivity contribution in [2.75, 3.05) is 19.5 Å². The predicted molar refractivity (Wildman–Crippen MR) is 114 cm³/mol. The van der Waals surface area contributed by atoms with Crippen LogP contribution in [0, 0.1) is 11.6 Å². The number of ether oxygens (including phenoxy) is 2. The molecule has 0 bridgehead atoms. The van der Waals surface area contributed by atoms with Crippen LogP contribution in [-0.4, -0.2) is 40.1 Å². The van der Waals surface area contributed by atoms with E-state index in [2.05, 4.69) is 27.2 Å². The molecule has 2 N–H and O–H groups in total. The van der Waals surface area contributed by atoms with Crippen molar-refractivity contribution in [3.8, 4) is 22.9 Å². The first-order valence-electron chi connectivity index (χ1n) is 10.0. The number of hydrogen-bond donors (Lipinski definition) is 2. The van der Waals surface area contributed by atoms with Gasteiger partial charge in [0.15, 0.2) is 23.1 Å². The zero-order chi connectivity index (χ0) is 23.0. The molecule has 0 saturated heterocycles. The molecule has 3 aromatic rings. The number of methoxy groups -OCH3 is 2. The summed E-state index contributed by atoms with van der Waals surface area (Å²) in [6.07, 6.45) is 4.10. The van der Waals surface area contributed by atoms with Crippen molar-refractivity contribution in [3.63, 3.8) is 0 Å². The van der Waals surface area contributed by atoms with E-state index in [1.54, 1.807) is 11.7 Å². The third-order valence-electron chi connectivity index (χ3n) is 5.77. The van der Waals surface area contributed by atoms with Crippen molar-refractivity contribution in [1.29, 1.82) is 0 Å². The van der Waals surface area contributed by atoms with Crippen molar-refractivity contribution in [3.05, 3.63) is 53.4 Å². The highest BCUT2D eigenvalue weighted by Gasteiger charge is 2.32. The number of H-pyrrole nitrogens is 1. The van der Waals surface area contributed by atoms with E-state index in [0.717, 1.165) is 11.3 Å². The van der Waals surface area contributed by atoms with Crippen LogP contribution < -0.4 is 14.8 Å². The second-order valence-corrected chi connectivity index (χ2v) is 7.52. The third-order valence-corrected chi connectivity index (χ3v) is 5.77. The zero-order valence-corrected chi connectivity index (χ0v) is 18.0. The molecule has 0 saturated carbocycles. The summed E-state index contributed by atoms with van der Waals surface area (Å²) >= 11 is 0. The number of benzene rings is 1. The summed E-state index contributed by atoms with van der Waals surface area (Å²) in [5.41, 5.74) is 3.43. The standard InChI is InChI=1S/C22H23F2N5O3/c1-5-17(30)26-14-10-25-29(2)22(14)21-12-7-6-11(8-13(12)27-28-21)18-19(23)15(31-3)9-16(32-4)20(18)24/h5,9-11H,1,6-8H2,2-4H3,(H,26,30)(H,27,28). The fourth-order valence-corrected chi connectivity index (χ4v) is 4.21. The smallest absolute Gasteiger partial charge is 0.247 e. The number of carbonyl (C=O) groups excluding carboxylic acids is 1. The molecule has 1 unspecified atom stereocenters. The first-order chi connectivity index (χ1) is 15.4. The van der Waals surface area contributed by atoms with Crippen LogP contribution in [0.25, 0.3) is 11.4 Å². The number of nitrogens with zero attached hydrogens (tertiary/aromatic N) is 3. The van der Waals surface area contributed by atoms with Crippen molar-refractivity contribution in [1.82, 2.24) is 20.0 Å². The fourth-order valence-electron chi connectivity index (χ4n) is 4.21. The quantitative estimate of drug-likeness (QED) is 0.569. The highest BCUT2D eigenvalue weighted by atomic mass is 19.1. The fraction of sp³-hybridized carbons (Fsp3) is 0.318. The van der Waals surface area contributed by atoms with Crippen LogP contribution in [0.15, 0.2) is 24.9 Å². The summed E-state index contributed by atoms with van der Waals surface area (Å²) in [7, 11) is 4.41. The summed E-state index contributed by atoms with van der Waals surface area (Å²) < 4.78 is 41.7. The minimum atomic E-state index is -0.722. The average Bonchev–Trinajstić information content (AvgIpc) is 3.36. The summed E-state index contributed by atoms with van der Waals surface area (Å²) in [6, 6.07) is 1.21. The Morgan fingerprint density at radius 3 is 2.62 bits per heavy atom. The van der Waals surface area contributed by atoms with Crippen molar-refractivity contribution >= 4 is 11.6 Å². The summed E-state index contributed by atoms with van der Waals surface area (Å²) in [6.45, 7) is 3.46. The first kappa shape index (κ1) is 21.5. The average molecular weight is 443 g/mol. The van der Waals surface area contributed by atoms with Crippen LogP contribution >= 0.6 is 0 Å². The molecule has 2 aromatic heterocycles. The van der Waals surface area contributed by atoms with E-state index in [-0.39, 0.29) is 23.0 Å². The Morgan fingerprint density at radius 2 is 2.00 bits per heavy atom. The normalized spacial score (nSPS) is 15.2. The molecule has 0 spiro atoms. The van der Waals surface area contributed by atoms with Gasteiger partial charge in [-0.05, 0) is 31.3 Å². The van der Waals surface area contributed by atoms with E-state index in [1.165, 1.54) is 32.6 Å². The molecular formula is C22H23F2N5O3. The summed E-state index contributed by atoms with van der Waals surface area (Å²) in [5.74, 6) is -2.35. The van der Waals surface area contributed by atoms with E-state index in [1.807, 2.05) is 0 Å². The van der Waals surface area contributed by atoms with Crippen LogP contribution in [0.3, 0.4) is 0 Å². The number of rotatable bonds is 6. The molecule has 168 valence electrons. The van der Waals surface area contributed by atoms with Crippen molar-refractivity contribution in [2.45, 2.75) is 25.2 Å². The second-order valence-electron chi connectivity index (χ2n) is 7.52. The van der Waals surface area contributed by atoms with E-state index >= 15 is 0 Å². The van der Waals surface area contributed by atoms with Gasteiger partial charge in [0.05, 0.1) is 26.1 Å². The lowest BCUT2D eigenvalue weighted by atomic mass is 9.81. The molecule has 8 nitrogen and oxygen atoms in total. The van der Waals surface area contributed by atoms with Gasteiger partial charge in [-0.2, -0.15) is 10.2 Å². The minimum Gasteiger partial charge on any atom is -0.494 e. The Bertz CT molecular complexity index is 1170. The van der Waals surface area contributed by atoms with Gasteiger partial charge in [0.25, 0.3) is 0 Å². The van der Waals surface area contributed by atoms with Gasteiger partial charge in [-0.3, -0.25) is 14.6 Å². The Labute approximate surface area is 183 Å². The molecule has 1 amide bonds. The van der Waals surface area contributed by atoms with Gasteiger partial charge in [-0.15, -0.1) is 0 Å². The number of aromatic nitrogens is 4. The number of amides is 1. The number of hydrogen-bond acceptors (Lipinski definition) is 5. The van der Waals surface area contributed by atoms with Crippen molar-refractivity contribution in [2.24, 2.45) is 7.05 Å². The lowest BCUT2D eigenvalue weighted by molar-refractivity contribution is -0.111. The Balaban J connectivity index is 1.71. The molecular weight excluding hydrogens is 420 g/mol. The predicted octanol–water partition coefficient (Wildman–Crippen LogP) is 3.50. The lowest BCUT2D eigenvalue weighted by Gasteiger charge is -2.25. The number of aromatic amines is 1. The maximum absolute atomic E-state index is 15.0. The highest BCUT2D eigenvalue weighted by Crippen LogP contribution is 2.42. The van der Waals surface area contributed by atoms with Gasteiger partial charge in [0, 0.05) is 29.9 Å². The topological polar surface area (TPSA) is 94.1 Å².